The molecule has 0 heterocycles. The summed E-state index contributed by atoms with van der Waals surface area (Å²) in [6.45, 7) is -0.651. The third-order valence-electron chi connectivity index (χ3n) is 6.02. The molecule has 0 aliphatic carbocycles. The van der Waals surface area contributed by atoms with Crippen LogP contribution in [0, 0.1) is 10.1 Å². The first-order valence-electron chi connectivity index (χ1n) is 11.8. The van der Waals surface area contributed by atoms with Gasteiger partial charge in [0.05, 0.1) is 36.1 Å². The minimum atomic E-state index is -4.37. The molecule has 0 fully saturated rings. The van der Waals surface area contributed by atoms with E-state index in [0.29, 0.717) is 27.8 Å². The molecule has 12 heteroatoms. The molecule has 0 amide bonds. The fourth-order valence-electron chi connectivity index (χ4n) is 4.01. The maximum Gasteiger partial charge on any atom is 0.326 e. The molecule has 4 aromatic rings. The highest BCUT2D eigenvalue weighted by Crippen LogP contribution is 2.38. The van der Waals surface area contributed by atoms with E-state index >= 15 is 0 Å². The smallest absolute Gasteiger partial charge is 0.326 e. The molecule has 0 saturated carbocycles. The van der Waals surface area contributed by atoms with Crippen molar-refractivity contribution in [3.8, 4) is 11.5 Å². The second-order valence-electron chi connectivity index (χ2n) is 8.43. The summed E-state index contributed by atoms with van der Waals surface area (Å²) in [6.07, 6.45) is -0.0108. The standard InChI is InChI=1S/C28H24N2O9S/c1-37-27(31)17-19-7-3-6-10-25(19)39-26-16-15-24(22-8-4-5-9-23(22)26)29(18-28(32)38-2)40(35,36)21-13-11-20(12-14-21)30(33)34/h3-16H,17-18H2,1-2H3. The fourth-order valence-corrected chi connectivity index (χ4v) is 5.43. The number of ether oxygens (including phenoxy) is 3. The van der Waals surface area contributed by atoms with Crippen LogP contribution in [0.4, 0.5) is 11.4 Å². The number of carbonyl (C=O) groups excluding carboxylic acids is 2. The van der Waals surface area contributed by atoms with E-state index in [-0.39, 0.29) is 22.7 Å². The topological polar surface area (TPSA) is 142 Å². The van der Waals surface area contributed by atoms with Gasteiger partial charge in [0.2, 0.25) is 0 Å². The van der Waals surface area contributed by atoms with Crippen LogP contribution in [0.3, 0.4) is 0 Å². The Hall–Kier alpha value is -4.97. The van der Waals surface area contributed by atoms with Gasteiger partial charge < -0.3 is 14.2 Å². The summed E-state index contributed by atoms with van der Waals surface area (Å²) in [6, 6.07) is 21.2. The van der Waals surface area contributed by atoms with Gasteiger partial charge >= 0.3 is 11.9 Å². The van der Waals surface area contributed by atoms with Crippen molar-refractivity contribution in [2.24, 2.45) is 0 Å². The number of anilines is 1. The highest BCUT2D eigenvalue weighted by Gasteiger charge is 2.30. The number of para-hydroxylation sites is 1. The molecule has 11 nitrogen and oxygen atoms in total. The predicted molar refractivity (Wildman–Crippen MR) is 146 cm³/mol. The molecule has 4 aromatic carbocycles. The van der Waals surface area contributed by atoms with Gasteiger partial charge in [-0.15, -0.1) is 0 Å². The van der Waals surface area contributed by atoms with Gasteiger partial charge in [0, 0.05) is 28.5 Å². The number of methoxy groups -OCH3 is 2. The third-order valence-corrected chi connectivity index (χ3v) is 7.79. The largest absolute Gasteiger partial charge is 0.469 e. The van der Waals surface area contributed by atoms with Crippen LogP contribution in [0.2, 0.25) is 0 Å². The van der Waals surface area contributed by atoms with E-state index < -0.39 is 33.4 Å². The molecule has 0 spiro atoms. The first kappa shape index (κ1) is 28.0. The highest BCUT2D eigenvalue weighted by atomic mass is 32.2. The lowest BCUT2D eigenvalue weighted by Crippen LogP contribution is -2.36. The number of rotatable bonds is 10. The van der Waals surface area contributed by atoms with E-state index in [1.807, 2.05) is 0 Å². The molecule has 0 atom stereocenters. The van der Waals surface area contributed by atoms with Crippen LogP contribution < -0.4 is 9.04 Å². The van der Waals surface area contributed by atoms with E-state index in [1.165, 1.54) is 13.2 Å². The average molecular weight is 565 g/mol. The molecule has 0 unspecified atom stereocenters. The van der Waals surface area contributed by atoms with Crippen molar-refractivity contribution >= 4 is 44.1 Å². The van der Waals surface area contributed by atoms with Crippen molar-refractivity contribution in [2.75, 3.05) is 25.1 Å². The van der Waals surface area contributed by atoms with Gasteiger partial charge in [-0.3, -0.25) is 24.0 Å². The van der Waals surface area contributed by atoms with Crippen molar-refractivity contribution in [3.63, 3.8) is 0 Å². The van der Waals surface area contributed by atoms with Gasteiger partial charge in [-0.2, -0.15) is 0 Å². The number of nitro groups is 1. The number of fused-ring (bicyclic) bond motifs is 1. The average Bonchev–Trinajstić information content (AvgIpc) is 2.97. The molecule has 0 aromatic heterocycles. The maximum absolute atomic E-state index is 13.7. The molecular formula is C28H24N2O9S. The Balaban J connectivity index is 1.82. The zero-order valence-electron chi connectivity index (χ0n) is 21.5. The van der Waals surface area contributed by atoms with Crippen molar-refractivity contribution in [1.82, 2.24) is 0 Å². The van der Waals surface area contributed by atoms with E-state index in [9.17, 15) is 28.1 Å². The van der Waals surface area contributed by atoms with Crippen LogP contribution >= 0.6 is 0 Å². The van der Waals surface area contributed by atoms with E-state index in [0.717, 1.165) is 35.7 Å². The molecule has 206 valence electrons. The van der Waals surface area contributed by atoms with Crippen LogP contribution in [-0.2, 0) is 35.5 Å². The first-order chi connectivity index (χ1) is 19.1. The Morgan fingerprint density at radius 3 is 2.08 bits per heavy atom. The van der Waals surface area contributed by atoms with Crippen LogP contribution in [0.15, 0.2) is 89.8 Å². The number of hydrogen-bond acceptors (Lipinski definition) is 9. The minimum absolute atomic E-state index is 0.0108. The monoisotopic (exact) mass is 564 g/mol. The number of nitro benzene ring substituents is 1. The molecule has 0 radical (unpaired) electrons. The van der Waals surface area contributed by atoms with Gasteiger partial charge in [-0.05, 0) is 30.3 Å². The highest BCUT2D eigenvalue weighted by molar-refractivity contribution is 7.92. The lowest BCUT2D eigenvalue weighted by molar-refractivity contribution is -0.384. The zero-order valence-corrected chi connectivity index (χ0v) is 22.3. The fraction of sp³-hybridized carbons (Fsp3) is 0.143. The summed E-state index contributed by atoms with van der Waals surface area (Å²) < 4.78 is 44.1. The number of carbonyl (C=O) groups is 2. The normalized spacial score (nSPS) is 11.1. The molecule has 0 saturated heterocycles. The summed E-state index contributed by atoms with van der Waals surface area (Å²) in [7, 11) is -1.94. The predicted octanol–water partition coefficient (Wildman–Crippen LogP) is 4.62. The number of benzene rings is 4. The summed E-state index contributed by atoms with van der Waals surface area (Å²) in [4.78, 5) is 34.4. The van der Waals surface area contributed by atoms with E-state index in [2.05, 4.69) is 0 Å². The quantitative estimate of drug-likeness (QED) is 0.153. The summed E-state index contributed by atoms with van der Waals surface area (Å²) in [5.41, 5.74) is 0.475. The van der Waals surface area contributed by atoms with Crippen LogP contribution in [0.5, 0.6) is 11.5 Å². The van der Waals surface area contributed by atoms with Gasteiger partial charge in [-0.1, -0.05) is 42.5 Å². The zero-order chi connectivity index (χ0) is 28.9. The number of non-ortho nitro benzene ring substituents is 1. The van der Waals surface area contributed by atoms with E-state index in [4.69, 9.17) is 14.2 Å². The first-order valence-corrected chi connectivity index (χ1v) is 13.3. The number of hydrogen-bond donors (Lipinski definition) is 0. The summed E-state index contributed by atoms with van der Waals surface area (Å²) >= 11 is 0. The Morgan fingerprint density at radius 1 is 0.800 bits per heavy atom. The number of nitrogens with zero attached hydrogens (tertiary/aromatic N) is 2. The van der Waals surface area contributed by atoms with Gasteiger partial charge in [0.1, 0.15) is 18.0 Å². The Labute approximate surface area is 229 Å². The van der Waals surface area contributed by atoms with Crippen LogP contribution in [-0.4, -0.2) is 46.0 Å². The molecule has 40 heavy (non-hydrogen) atoms. The Kier molecular flexibility index (Phi) is 8.29. The Bertz CT molecular complexity index is 1690. The summed E-state index contributed by atoms with van der Waals surface area (Å²) in [5.74, 6) is -0.462. The van der Waals surface area contributed by atoms with Crippen molar-refractivity contribution in [3.05, 3.63) is 101 Å². The van der Waals surface area contributed by atoms with Crippen LogP contribution in [0.1, 0.15) is 5.56 Å². The third kappa shape index (κ3) is 5.86. The Morgan fingerprint density at radius 2 is 1.43 bits per heavy atom. The van der Waals surface area contributed by atoms with Gasteiger partial charge in [0.15, 0.2) is 0 Å². The summed E-state index contributed by atoms with van der Waals surface area (Å²) in [5, 5.41) is 12.0. The van der Waals surface area contributed by atoms with Crippen molar-refractivity contribution in [2.45, 2.75) is 11.3 Å². The number of esters is 2. The second kappa shape index (κ2) is 11.8. The van der Waals surface area contributed by atoms with E-state index in [1.54, 1.807) is 54.6 Å². The molecule has 0 aliphatic heterocycles. The maximum atomic E-state index is 13.7. The van der Waals surface area contributed by atoms with Gasteiger partial charge in [0.25, 0.3) is 15.7 Å². The molecule has 0 bridgehead atoms. The van der Waals surface area contributed by atoms with Crippen molar-refractivity contribution in [1.29, 1.82) is 0 Å². The minimum Gasteiger partial charge on any atom is -0.469 e. The lowest BCUT2D eigenvalue weighted by Gasteiger charge is -2.25. The molecule has 0 N–H and O–H groups in total. The SMILES string of the molecule is COC(=O)Cc1ccccc1Oc1ccc(N(CC(=O)OC)S(=O)(=O)c2ccc([N+](=O)[O-])cc2)c2ccccc12. The molecule has 4 rings (SSSR count). The molecule has 0 aliphatic rings. The van der Waals surface area contributed by atoms with Crippen LogP contribution in [0.25, 0.3) is 10.8 Å². The van der Waals surface area contributed by atoms with Gasteiger partial charge in [-0.25, -0.2) is 8.42 Å². The van der Waals surface area contributed by atoms with Crippen molar-refractivity contribution < 1.29 is 37.1 Å². The number of sulfonamides is 1. The molecular weight excluding hydrogens is 540 g/mol. The lowest BCUT2D eigenvalue weighted by atomic mass is 10.1. The second-order valence-corrected chi connectivity index (χ2v) is 10.3.